The molecule has 8 heteroatoms. The number of anilines is 1. The van der Waals surface area contributed by atoms with Gasteiger partial charge in [-0.25, -0.2) is 4.99 Å². The highest BCUT2D eigenvalue weighted by molar-refractivity contribution is 5.99. The summed E-state index contributed by atoms with van der Waals surface area (Å²) < 4.78 is 5.46. The number of hydrogen-bond acceptors (Lipinski definition) is 7. The van der Waals surface area contributed by atoms with E-state index >= 15 is 0 Å². The van der Waals surface area contributed by atoms with E-state index in [9.17, 15) is 4.79 Å². The van der Waals surface area contributed by atoms with Crippen molar-refractivity contribution in [1.29, 1.82) is 0 Å². The van der Waals surface area contributed by atoms with Crippen molar-refractivity contribution >= 4 is 17.6 Å². The molecule has 8 nitrogen and oxygen atoms in total. The number of nitrogens with one attached hydrogen (secondary N) is 2. The zero-order chi connectivity index (χ0) is 18.0. The number of nitrogens with two attached hydrogens (primary N) is 3. The van der Waals surface area contributed by atoms with Crippen molar-refractivity contribution in [2.75, 3.05) is 18.5 Å². The summed E-state index contributed by atoms with van der Waals surface area (Å²) in [4.78, 5) is 16.8. The zero-order valence-electron chi connectivity index (χ0n) is 14.2. The van der Waals surface area contributed by atoms with E-state index < -0.39 is 11.6 Å². The number of aryl methyl sites for hydroxylation is 1. The molecule has 0 radical (unpaired) electrons. The summed E-state index contributed by atoms with van der Waals surface area (Å²) in [5.41, 5.74) is 18.7. The van der Waals surface area contributed by atoms with Crippen molar-refractivity contribution in [1.82, 2.24) is 5.32 Å². The summed E-state index contributed by atoms with van der Waals surface area (Å²) >= 11 is 0. The van der Waals surface area contributed by atoms with Gasteiger partial charge < -0.3 is 32.6 Å². The maximum atomic E-state index is 12.2. The minimum Gasteiger partial charge on any atom is -0.385 e. The summed E-state index contributed by atoms with van der Waals surface area (Å²) in [7, 11) is 0. The predicted octanol–water partition coefficient (Wildman–Crippen LogP) is 0.103. The van der Waals surface area contributed by atoms with Crippen LogP contribution in [0, 0.1) is 12.8 Å². The Morgan fingerprint density at radius 1 is 1.28 bits per heavy atom. The van der Waals surface area contributed by atoms with E-state index in [2.05, 4.69) is 15.6 Å². The Labute approximate surface area is 146 Å². The van der Waals surface area contributed by atoms with Crippen LogP contribution in [0.3, 0.4) is 0 Å². The summed E-state index contributed by atoms with van der Waals surface area (Å²) in [5.74, 6) is -0.392. The second-order valence-electron chi connectivity index (χ2n) is 6.42. The minimum atomic E-state index is -1.12. The quantitative estimate of drug-likeness (QED) is 0.525. The van der Waals surface area contributed by atoms with Gasteiger partial charge in [0.15, 0.2) is 11.6 Å². The first kappa shape index (κ1) is 17.1. The lowest BCUT2D eigenvalue weighted by atomic mass is 9.79. The van der Waals surface area contributed by atoms with Crippen molar-refractivity contribution in [3.63, 3.8) is 0 Å². The number of nitrogens with zero attached hydrogens (tertiary/aromatic N) is 1. The van der Waals surface area contributed by atoms with E-state index in [0.29, 0.717) is 26.1 Å². The number of carbonyl (C=O) groups excluding carboxylic acids is 1. The monoisotopic (exact) mass is 344 g/mol. The van der Waals surface area contributed by atoms with E-state index in [1.54, 1.807) is 0 Å². The van der Waals surface area contributed by atoms with Crippen LogP contribution in [0.5, 0.6) is 0 Å². The van der Waals surface area contributed by atoms with Crippen LogP contribution in [0.25, 0.3) is 0 Å². The van der Waals surface area contributed by atoms with Gasteiger partial charge in [-0.1, -0.05) is 17.7 Å². The second kappa shape index (κ2) is 6.64. The van der Waals surface area contributed by atoms with Crippen LogP contribution in [-0.4, -0.2) is 30.7 Å². The van der Waals surface area contributed by atoms with Gasteiger partial charge >= 0.3 is 0 Å². The van der Waals surface area contributed by atoms with Crippen LogP contribution in [0.2, 0.25) is 0 Å². The van der Waals surface area contributed by atoms with Gasteiger partial charge in [0.2, 0.25) is 0 Å². The molecular weight excluding hydrogens is 320 g/mol. The third-order valence-corrected chi connectivity index (χ3v) is 4.66. The van der Waals surface area contributed by atoms with Gasteiger partial charge in [-0.15, -0.1) is 0 Å². The molecule has 1 aromatic carbocycles. The number of rotatable bonds is 4. The first-order valence-electron chi connectivity index (χ1n) is 8.27. The van der Waals surface area contributed by atoms with Gasteiger partial charge in [0.25, 0.3) is 5.91 Å². The molecule has 2 heterocycles. The topological polar surface area (TPSA) is 141 Å². The van der Waals surface area contributed by atoms with E-state index in [1.807, 2.05) is 31.2 Å². The lowest BCUT2D eigenvalue weighted by Gasteiger charge is -2.43. The predicted molar refractivity (Wildman–Crippen MR) is 96.2 cm³/mol. The Bertz CT molecular complexity index is 721. The SMILES string of the molecule is Cc1ccc(NC2(C3CCOCC3)N=C(N)NC(N)=C2C(N)=O)cc1. The van der Waals surface area contributed by atoms with Crippen molar-refractivity contribution in [2.24, 2.45) is 28.1 Å². The summed E-state index contributed by atoms with van der Waals surface area (Å²) in [6, 6.07) is 7.81. The molecule has 25 heavy (non-hydrogen) atoms. The van der Waals surface area contributed by atoms with Crippen molar-refractivity contribution in [3.8, 4) is 0 Å². The number of carbonyl (C=O) groups is 1. The van der Waals surface area contributed by atoms with Gasteiger partial charge in [0.05, 0.1) is 0 Å². The first-order chi connectivity index (χ1) is 11.9. The maximum absolute atomic E-state index is 12.2. The maximum Gasteiger partial charge on any atom is 0.252 e. The highest BCUT2D eigenvalue weighted by Crippen LogP contribution is 2.39. The molecule has 0 aromatic heterocycles. The number of amides is 1. The molecule has 1 unspecified atom stereocenters. The smallest absolute Gasteiger partial charge is 0.252 e. The van der Waals surface area contributed by atoms with Crippen molar-refractivity contribution in [2.45, 2.75) is 25.4 Å². The van der Waals surface area contributed by atoms with Gasteiger partial charge in [-0.2, -0.15) is 0 Å². The Morgan fingerprint density at radius 3 is 2.52 bits per heavy atom. The van der Waals surface area contributed by atoms with Crippen molar-refractivity contribution in [3.05, 3.63) is 41.2 Å². The lowest BCUT2D eigenvalue weighted by molar-refractivity contribution is -0.115. The number of hydrogen-bond donors (Lipinski definition) is 5. The van der Waals surface area contributed by atoms with Crippen molar-refractivity contribution < 1.29 is 9.53 Å². The molecule has 1 amide bonds. The molecule has 1 saturated heterocycles. The van der Waals surface area contributed by atoms with Crippen LogP contribution in [0.1, 0.15) is 18.4 Å². The standard InChI is InChI=1S/C17H24N6O2/c1-10-2-4-12(5-3-10)22-17(11-6-8-25-9-7-11)13(15(19)24)14(18)21-16(20)23-17/h2-5,11,22H,6-9,18H2,1H3,(H2,19,24)(H3,20,21,23). The molecule has 1 aromatic rings. The van der Waals surface area contributed by atoms with E-state index in [1.165, 1.54) is 0 Å². The third kappa shape index (κ3) is 3.25. The van der Waals surface area contributed by atoms with Crippen LogP contribution in [0.15, 0.2) is 40.7 Å². The molecular formula is C17H24N6O2. The highest BCUT2D eigenvalue weighted by Gasteiger charge is 2.48. The third-order valence-electron chi connectivity index (χ3n) is 4.66. The molecule has 0 spiro atoms. The number of primary amides is 1. The van der Waals surface area contributed by atoms with E-state index in [4.69, 9.17) is 21.9 Å². The normalized spacial score (nSPS) is 24.4. The fraction of sp³-hybridized carbons (Fsp3) is 0.412. The molecule has 8 N–H and O–H groups in total. The molecule has 1 atom stereocenters. The Hall–Kier alpha value is -2.74. The Kier molecular flexibility index (Phi) is 4.54. The minimum absolute atomic E-state index is 0.0377. The molecule has 134 valence electrons. The zero-order valence-corrected chi connectivity index (χ0v) is 14.2. The van der Waals surface area contributed by atoms with E-state index in [-0.39, 0.29) is 23.3 Å². The van der Waals surface area contributed by atoms with Gasteiger partial charge in [-0.3, -0.25) is 4.79 Å². The molecule has 1 fully saturated rings. The molecule has 0 aliphatic carbocycles. The molecule has 2 aliphatic rings. The average molecular weight is 344 g/mol. The van der Waals surface area contributed by atoms with Crippen LogP contribution in [0.4, 0.5) is 5.69 Å². The van der Waals surface area contributed by atoms with Crippen LogP contribution < -0.4 is 27.8 Å². The summed E-state index contributed by atoms with van der Waals surface area (Å²) in [6.45, 7) is 3.17. The van der Waals surface area contributed by atoms with E-state index in [0.717, 1.165) is 11.3 Å². The summed E-state index contributed by atoms with van der Waals surface area (Å²) in [6.07, 6.45) is 1.42. The average Bonchev–Trinajstić information content (AvgIpc) is 2.56. The highest BCUT2D eigenvalue weighted by atomic mass is 16.5. The number of ether oxygens (including phenoxy) is 1. The Balaban J connectivity index is 2.11. The number of aliphatic imine (C=N–C) groups is 1. The fourth-order valence-electron chi connectivity index (χ4n) is 3.46. The first-order valence-corrected chi connectivity index (χ1v) is 8.27. The largest absolute Gasteiger partial charge is 0.385 e. The number of benzene rings is 1. The second-order valence-corrected chi connectivity index (χ2v) is 6.42. The molecule has 0 bridgehead atoms. The van der Waals surface area contributed by atoms with Crippen LogP contribution >= 0.6 is 0 Å². The Morgan fingerprint density at radius 2 is 1.92 bits per heavy atom. The van der Waals surface area contributed by atoms with Crippen LogP contribution in [-0.2, 0) is 9.53 Å². The molecule has 3 rings (SSSR count). The number of guanidine groups is 1. The fourth-order valence-corrected chi connectivity index (χ4v) is 3.46. The van der Waals surface area contributed by atoms with Gasteiger partial charge in [0.1, 0.15) is 11.4 Å². The molecule has 0 saturated carbocycles. The molecule has 2 aliphatic heterocycles. The van der Waals surface area contributed by atoms with Gasteiger partial charge in [0, 0.05) is 24.8 Å². The summed E-state index contributed by atoms with van der Waals surface area (Å²) in [5, 5.41) is 6.09. The lowest BCUT2D eigenvalue weighted by Crippen LogP contribution is -2.58. The van der Waals surface area contributed by atoms with Gasteiger partial charge in [-0.05, 0) is 31.9 Å².